The second-order valence-corrected chi connectivity index (χ2v) is 14.8. The average molecular weight is 361 g/mol. The molecule has 51 valence electrons. The lowest BCUT2D eigenvalue weighted by Crippen LogP contribution is -1.51. The first kappa shape index (κ1) is 13.5. The maximum absolute atomic E-state index is 3.64. The topological polar surface area (TPSA) is 0 Å². The van der Waals surface area contributed by atoms with Crippen LogP contribution in [0.1, 0.15) is 19.8 Å². The summed E-state index contributed by atoms with van der Waals surface area (Å²) in [4.78, 5) is 0. The van der Waals surface area contributed by atoms with Crippen molar-refractivity contribution in [1.29, 1.82) is 0 Å². The summed E-state index contributed by atoms with van der Waals surface area (Å²) in [6, 6.07) is 0. The molecular formula is C6H11I2Mg. The molecule has 9 heavy (non-hydrogen) atoms. The van der Waals surface area contributed by atoms with Crippen molar-refractivity contribution in [2.75, 3.05) is 0 Å². The zero-order valence-electron chi connectivity index (χ0n) is 5.74. The van der Waals surface area contributed by atoms with Crippen molar-refractivity contribution in [3.63, 3.8) is 0 Å². The molecule has 0 aliphatic heterocycles. The van der Waals surface area contributed by atoms with E-state index in [0.29, 0.717) is 12.6 Å². The monoisotopic (exact) mass is 361 g/mol. The number of hydrogen-bond acceptors (Lipinski definition) is 0. The van der Waals surface area contributed by atoms with E-state index in [-0.39, 0.29) is 0 Å². The van der Waals surface area contributed by atoms with E-state index in [4.69, 9.17) is 0 Å². The van der Waals surface area contributed by atoms with Crippen molar-refractivity contribution in [1.82, 2.24) is 0 Å². The van der Waals surface area contributed by atoms with Gasteiger partial charge in [-0.15, -0.1) is 0 Å². The van der Waals surface area contributed by atoms with Gasteiger partial charge in [0.15, 0.2) is 0 Å². The van der Waals surface area contributed by atoms with Gasteiger partial charge in [0, 0.05) is 0 Å². The summed E-state index contributed by atoms with van der Waals surface area (Å²) < 4.78 is 0. The van der Waals surface area contributed by atoms with E-state index in [2.05, 4.69) is 63.7 Å². The summed E-state index contributed by atoms with van der Waals surface area (Å²) in [5.41, 5.74) is 0. The Morgan fingerprint density at radius 1 is 1.44 bits per heavy atom. The van der Waals surface area contributed by atoms with Crippen LogP contribution in [0, 0.1) is 6.92 Å². The van der Waals surface area contributed by atoms with Crippen LogP contribution in [0.25, 0.3) is 0 Å². The molecule has 0 aliphatic rings. The predicted octanol–water partition coefficient (Wildman–Crippen LogP) is 3.57. The number of halogens is 2. The normalized spacial score (nSPS) is 8.00. The third-order valence-electron chi connectivity index (χ3n) is 0.569. The predicted molar refractivity (Wildman–Crippen MR) is 63.2 cm³/mol. The molecule has 0 heterocycles. The van der Waals surface area contributed by atoms with Gasteiger partial charge in [-0.3, -0.25) is 37.7 Å². The molecule has 0 aromatic rings. The second-order valence-electron chi connectivity index (χ2n) is 1.27. The van der Waals surface area contributed by atoms with E-state index in [1.807, 2.05) is 0 Å². The van der Waals surface area contributed by atoms with Gasteiger partial charge in [-0.1, -0.05) is 19.1 Å². The molecule has 0 amide bonds. The molecule has 0 unspecified atom stereocenters. The third kappa shape index (κ3) is 25.6. The van der Waals surface area contributed by atoms with Crippen molar-refractivity contribution in [2.24, 2.45) is 0 Å². The number of allylic oxidation sites excluding steroid dienone is 2. The lowest BCUT2D eigenvalue weighted by Gasteiger charge is -1.72. The molecule has 0 rings (SSSR count). The van der Waals surface area contributed by atoms with Crippen LogP contribution in [-0.2, 0) is 0 Å². The minimum Gasteiger partial charge on any atom is -0.276 e. The molecule has 0 saturated heterocycles. The Labute approximate surface area is 87.7 Å². The lowest BCUT2D eigenvalue weighted by molar-refractivity contribution is 1.20. The van der Waals surface area contributed by atoms with Crippen molar-refractivity contribution in [2.45, 2.75) is 19.8 Å². The molecule has 0 aromatic carbocycles. The molecule has 1 radical (unpaired) electrons. The molecular weight excluding hydrogens is 350 g/mol. The molecule has 0 fully saturated rings. The van der Waals surface area contributed by atoms with Crippen LogP contribution in [0.15, 0.2) is 12.2 Å². The summed E-state index contributed by atoms with van der Waals surface area (Å²) in [6.07, 6.45) is 6.25. The summed E-state index contributed by atoms with van der Waals surface area (Å²) in [5, 5.41) is 0. The van der Waals surface area contributed by atoms with Gasteiger partial charge < -0.3 is 0 Å². The molecule has 0 N–H and O–H groups in total. The molecule has 0 nitrogen and oxygen atoms in total. The number of hydrogen-bond donors (Lipinski definition) is 0. The van der Waals surface area contributed by atoms with Crippen molar-refractivity contribution < 1.29 is 0 Å². The zero-order valence-corrected chi connectivity index (χ0v) is 11.5. The van der Waals surface area contributed by atoms with Crippen LogP contribution in [-0.4, -0.2) is 12.6 Å². The van der Waals surface area contributed by atoms with E-state index < -0.39 is 0 Å². The third-order valence-corrected chi connectivity index (χ3v) is 0.569. The van der Waals surface area contributed by atoms with Gasteiger partial charge >= 0.3 is 12.6 Å². The van der Waals surface area contributed by atoms with Crippen molar-refractivity contribution in [3.05, 3.63) is 19.1 Å². The Morgan fingerprint density at radius 2 is 1.89 bits per heavy atom. The highest BCUT2D eigenvalue weighted by atomic mass is 127. The first-order chi connectivity index (χ1) is 4.33. The first-order valence-corrected chi connectivity index (χ1v) is 13.1. The number of rotatable bonds is 2. The fourth-order valence-electron chi connectivity index (χ4n) is 0.285. The molecule has 3 heteroatoms. The van der Waals surface area contributed by atoms with Gasteiger partial charge in [0.05, 0.1) is 0 Å². The van der Waals surface area contributed by atoms with Crippen LogP contribution in [0.4, 0.5) is 0 Å². The van der Waals surface area contributed by atoms with E-state index in [1.165, 1.54) is 0 Å². The smallest absolute Gasteiger partial charge is 0.276 e. The summed E-state index contributed by atoms with van der Waals surface area (Å²) in [7, 11) is 0. The summed E-state index contributed by atoms with van der Waals surface area (Å²) in [5.74, 6) is 0. The molecule has 0 spiro atoms. The van der Waals surface area contributed by atoms with E-state index >= 15 is 0 Å². The molecule has 0 aliphatic carbocycles. The Balaban J connectivity index is 0. The van der Waals surface area contributed by atoms with Gasteiger partial charge in [-0.05, 0) is 19.8 Å². The molecule has 0 bridgehead atoms. The second kappa shape index (κ2) is 16.5. The Morgan fingerprint density at radius 3 is 2.00 bits per heavy atom. The van der Waals surface area contributed by atoms with Gasteiger partial charge in [0.1, 0.15) is 0 Å². The zero-order chi connectivity index (χ0) is 7.54. The van der Waals surface area contributed by atoms with Gasteiger partial charge in [-0.2, -0.15) is 0 Å². The Hall–Kier alpha value is 1.97. The van der Waals surface area contributed by atoms with E-state index in [0.717, 1.165) is 12.8 Å². The fourth-order valence-corrected chi connectivity index (χ4v) is 0.285. The van der Waals surface area contributed by atoms with Gasteiger partial charge in [0.25, 0.3) is 0 Å². The minimum atomic E-state index is 0.357. The van der Waals surface area contributed by atoms with Crippen LogP contribution in [0.5, 0.6) is 0 Å². The van der Waals surface area contributed by atoms with Gasteiger partial charge in [-0.25, -0.2) is 0 Å². The quantitative estimate of drug-likeness (QED) is 0.401. The van der Waals surface area contributed by atoms with Gasteiger partial charge in [0.2, 0.25) is 0 Å². The molecule has 0 saturated carbocycles. The standard InChI is InChI=1S/C6H11.2HI.Mg/c1-3-5-6-4-2;;;/h5-6H,1,3-4H2,2H3;2*1H;/q;;;+2/p-2/b6-5+;;;. The molecule has 0 aromatic heterocycles. The maximum atomic E-state index is 3.64. The van der Waals surface area contributed by atoms with Crippen molar-refractivity contribution in [3.8, 4) is 0 Å². The SMILES string of the molecule is [CH2]C/C=C/CC.[I][Mg][I]. The minimum absolute atomic E-state index is 0.357. The first-order valence-electron chi connectivity index (χ1n) is 2.89. The lowest BCUT2D eigenvalue weighted by atomic mass is 10.4. The highest BCUT2D eigenvalue weighted by Gasteiger charge is 1.61. The Kier molecular flexibility index (Phi) is 24.9. The van der Waals surface area contributed by atoms with E-state index in [1.54, 1.807) is 0 Å². The summed E-state index contributed by atoms with van der Waals surface area (Å²) >= 11 is 5.18. The Bertz CT molecular complexity index is 49.0. The van der Waals surface area contributed by atoms with Crippen LogP contribution < -0.4 is 0 Å². The van der Waals surface area contributed by atoms with Crippen molar-refractivity contribution >= 4 is 50.3 Å². The maximum Gasteiger partial charge on any atom is 0.552 e. The fraction of sp³-hybridized carbons (Fsp3) is 0.500. The highest BCUT2D eigenvalue weighted by molar-refractivity contribution is 14.3. The highest BCUT2D eigenvalue weighted by Crippen LogP contribution is 1.81. The largest absolute Gasteiger partial charge is 0.552 e. The van der Waals surface area contributed by atoms with Crippen LogP contribution in [0.3, 0.4) is 0 Å². The summed E-state index contributed by atoms with van der Waals surface area (Å²) in [6.45, 7) is 5.75. The van der Waals surface area contributed by atoms with Crippen LogP contribution in [0.2, 0.25) is 0 Å². The van der Waals surface area contributed by atoms with E-state index in [9.17, 15) is 0 Å². The van der Waals surface area contributed by atoms with Crippen LogP contribution >= 0.6 is 37.7 Å². The molecule has 0 atom stereocenters. The average Bonchev–Trinajstić information content (AvgIpc) is 1.86.